The molecule has 32 heavy (non-hydrogen) atoms. The highest BCUT2D eigenvalue weighted by Gasteiger charge is 2.37. The van der Waals surface area contributed by atoms with Gasteiger partial charge in [-0.1, -0.05) is 0 Å². The molecule has 170 valence electrons. The summed E-state index contributed by atoms with van der Waals surface area (Å²) in [5, 5.41) is 0. The Bertz CT molecular complexity index is 1160. The second-order valence-corrected chi connectivity index (χ2v) is 11.0. The second kappa shape index (κ2) is 8.94. The zero-order valence-electron chi connectivity index (χ0n) is 17.7. The highest BCUT2D eigenvalue weighted by molar-refractivity contribution is 9.10. The lowest BCUT2D eigenvalue weighted by Crippen LogP contribution is -2.32. The maximum atomic E-state index is 13.2. The minimum Gasteiger partial charge on any atom is -0.313 e. The average Bonchev–Trinajstić information content (AvgIpc) is 3.53. The molecule has 0 spiro atoms. The number of carbonyl (C=O) groups excluding carboxylic acids is 2. The molecule has 2 aromatic carbocycles. The van der Waals surface area contributed by atoms with Crippen molar-refractivity contribution in [2.45, 2.75) is 37.5 Å². The van der Waals surface area contributed by atoms with Crippen LogP contribution in [0.2, 0.25) is 0 Å². The number of fused-ring (bicyclic) bond motifs is 1. The molecule has 1 heterocycles. The maximum Gasteiger partial charge on any atom is 0.230 e. The molecular weight excluding hydrogens is 499 g/mol. The smallest absolute Gasteiger partial charge is 0.230 e. The predicted octanol–water partition coefficient (Wildman–Crippen LogP) is 4.10. The molecule has 1 fully saturated rings. The lowest BCUT2D eigenvalue weighted by atomic mass is 10.2. The van der Waals surface area contributed by atoms with Gasteiger partial charge >= 0.3 is 0 Å². The van der Waals surface area contributed by atoms with E-state index < -0.39 is 15.7 Å². The Balaban J connectivity index is 1.52. The average molecular weight is 523 g/mol. The summed E-state index contributed by atoms with van der Waals surface area (Å²) in [6.07, 6.45) is 2.25. The Labute approximate surface area is 195 Å². The van der Waals surface area contributed by atoms with Crippen LogP contribution in [0, 0.1) is 11.7 Å². The Hall–Kier alpha value is -2.26. The van der Waals surface area contributed by atoms with Gasteiger partial charge in [-0.15, -0.1) is 0 Å². The van der Waals surface area contributed by atoms with E-state index in [4.69, 9.17) is 0 Å². The monoisotopic (exact) mass is 522 g/mol. The summed E-state index contributed by atoms with van der Waals surface area (Å²) in [6.45, 7) is 2.67. The van der Waals surface area contributed by atoms with Crippen molar-refractivity contribution in [3.8, 4) is 0 Å². The molecule has 0 saturated heterocycles. The van der Waals surface area contributed by atoms with Gasteiger partial charge in [0.15, 0.2) is 9.84 Å². The number of hydrogen-bond donors (Lipinski definition) is 0. The van der Waals surface area contributed by atoms with Gasteiger partial charge in [-0.3, -0.25) is 9.59 Å². The first kappa shape index (κ1) is 22.9. The number of sulfone groups is 1. The maximum absolute atomic E-state index is 13.2. The first-order valence-corrected chi connectivity index (χ1v) is 13.1. The van der Waals surface area contributed by atoms with Crippen LogP contribution in [-0.2, 0) is 25.8 Å². The largest absolute Gasteiger partial charge is 0.313 e. The molecule has 0 unspecified atom stereocenters. The fraction of sp³-hybridized carbons (Fsp3) is 0.391. The van der Waals surface area contributed by atoms with E-state index in [1.165, 1.54) is 29.2 Å². The molecule has 6 nitrogen and oxygen atoms in total. The van der Waals surface area contributed by atoms with Gasteiger partial charge < -0.3 is 9.80 Å². The van der Waals surface area contributed by atoms with E-state index in [1.807, 2.05) is 0 Å². The van der Waals surface area contributed by atoms with E-state index in [0.717, 1.165) is 18.4 Å². The third-order valence-corrected chi connectivity index (χ3v) is 8.56. The van der Waals surface area contributed by atoms with Gasteiger partial charge in [0.25, 0.3) is 0 Å². The lowest BCUT2D eigenvalue weighted by molar-refractivity contribution is -0.120. The number of amides is 2. The van der Waals surface area contributed by atoms with Gasteiger partial charge in [0, 0.05) is 41.3 Å². The van der Waals surface area contributed by atoms with Gasteiger partial charge in [0.05, 0.1) is 10.6 Å². The first-order chi connectivity index (χ1) is 15.2. The standard InChI is InChI=1S/C23H24BrFN2O4S/c1-2-26(18-7-5-17(25)6-8-18)22(28)10-12-32(30,31)21-14-20-16(13-19(21)24)9-11-27(20)23(29)15-3-4-15/h5-8,13-15H,2-4,9-12H2,1H3. The molecule has 1 aliphatic heterocycles. The van der Waals surface area contributed by atoms with Gasteiger partial charge in [-0.2, -0.15) is 0 Å². The highest BCUT2D eigenvalue weighted by atomic mass is 79.9. The van der Waals surface area contributed by atoms with Crippen LogP contribution in [0.1, 0.15) is 31.7 Å². The van der Waals surface area contributed by atoms with Crippen LogP contribution in [0.25, 0.3) is 0 Å². The van der Waals surface area contributed by atoms with Crippen LogP contribution in [0.15, 0.2) is 45.8 Å². The van der Waals surface area contributed by atoms with Crippen LogP contribution in [0.3, 0.4) is 0 Å². The van der Waals surface area contributed by atoms with Crippen molar-refractivity contribution in [2.24, 2.45) is 5.92 Å². The number of hydrogen-bond acceptors (Lipinski definition) is 4. The van der Waals surface area contributed by atoms with E-state index in [-0.39, 0.29) is 34.8 Å². The lowest BCUT2D eigenvalue weighted by Gasteiger charge is -2.21. The normalized spacial score (nSPS) is 15.5. The fourth-order valence-corrected chi connectivity index (χ4v) is 6.44. The van der Waals surface area contributed by atoms with Crippen LogP contribution in [0.5, 0.6) is 0 Å². The fourth-order valence-electron chi connectivity index (χ4n) is 4.00. The number of rotatable bonds is 7. The van der Waals surface area contributed by atoms with Crippen molar-refractivity contribution in [1.29, 1.82) is 0 Å². The Morgan fingerprint density at radius 2 is 1.88 bits per heavy atom. The number of halogens is 2. The van der Waals surface area contributed by atoms with E-state index in [1.54, 1.807) is 24.0 Å². The Morgan fingerprint density at radius 3 is 2.50 bits per heavy atom. The van der Waals surface area contributed by atoms with E-state index >= 15 is 0 Å². The van der Waals surface area contributed by atoms with Crippen molar-refractivity contribution in [3.63, 3.8) is 0 Å². The molecular formula is C23H24BrFN2O4S. The summed E-state index contributed by atoms with van der Waals surface area (Å²) < 4.78 is 39.9. The quantitative estimate of drug-likeness (QED) is 0.548. The van der Waals surface area contributed by atoms with E-state index in [2.05, 4.69) is 15.9 Å². The van der Waals surface area contributed by atoms with Crippen molar-refractivity contribution in [2.75, 3.05) is 28.6 Å². The van der Waals surface area contributed by atoms with Crippen LogP contribution in [-0.4, -0.2) is 39.1 Å². The topological polar surface area (TPSA) is 74.8 Å². The van der Waals surface area contributed by atoms with Crippen molar-refractivity contribution < 1.29 is 22.4 Å². The van der Waals surface area contributed by atoms with Gasteiger partial charge in [-0.05, 0) is 84.1 Å². The number of nitrogens with zero attached hydrogens (tertiary/aromatic N) is 2. The molecule has 0 N–H and O–H groups in total. The predicted molar refractivity (Wildman–Crippen MR) is 124 cm³/mol. The molecule has 2 amide bonds. The Kier molecular flexibility index (Phi) is 6.40. The molecule has 2 aromatic rings. The summed E-state index contributed by atoms with van der Waals surface area (Å²) in [4.78, 5) is 28.5. The third-order valence-electron chi connectivity index (χ3n) is 5.90. The Morgan fingerprint density at radius 1 is 1.19 bits per heavy atom. The second-order valence-electron chi connectivity index (χ2n) is 8.11. The molecule has 0 atom stereocenters. The van der Waals surface area contributed by atoms with Gasteiger partial charge in [-0.25, -0.2) is 12.8 Å². The molecule has 0 radical (unpaired) electrons. The van der Waals surface area contributed by atoms with Crippen LogP contribution in [0.4, 0.5) is 15.8 Å². The summed E-state index contributed by atoms with van der Waals surface area (Å²) in [7, 11) is -3.78. The minimum atomic E-state index is -3.78. The molecule has 1 aliphatic carbocycles. The van der Waals surface area contributed by atoms with Crippen LogP contribution < -0.4 is 9.80 Å². The van der Waals surface area contributed by atoms with Gasteiger partial charge in [0.1, 0.15) is 5.82 Å². The van der Waals surface area contributed by atoms with E-state index in [9.17, 15) is 22.4 Å². The zero-order chi connectivity index (χ0) is 23.0. The zero-order valence-corrected chi connectivity index (χ0v) is 20.1. The van der Waals surface area contributed by atoms with Crippen molar-refractivity contribution in [3.05, 3.63) is 52.3 Å². The number of anilines is 2. The minimum absolute atomic E-state index is 0.0498. The molecule has 0 aromatic heterocycles. The highest BCUT2D eigenvalue weighted by Crippen LogP contribution is 2.39. The molecule has 0 bridgehead atoms. The summed E-state index contributed by atoms with van der Waals surface area (Å²) >= 11 is 3.36. The van der Waals surface area contributed by atoms with E-state index in [0.29, 0.717) is 35.4 Å². The molecule has 9 heteroatoms. The van der Waals surface area contributed by atoms with Crippen LogP contribution >= 0.6 is 15.9 Å². The summed E-state index contributed by atoms with van der Waals surface area (Å²) in [5.74, 6) is -1.02. The van der Waals surface area contributed by atoms with Gasteiger partial charge in [0.2, 0.25) is 11.8 Å². The SMILES string of the molecule is CCN(C(=O)CCS(=O)(=O)c1cc2c(cc1Br)CCN2C(=O)C1CC1)c1ccc(F)cc1. The molecule has 1 saturated carbocycles. The summed E-state index contributed by atoms with van der Waals surface area (Å²) in [6, 6.07) is 8.84. The van der Waals surface area contributed by atoms with Crippen molar-refractivity contribution in [1.82, 2.24) is 0 Å². The molecule has 2 aliphatic rings. The third kappa shape index (κ3) is 4.59. The van der Waals surface area contributed by atoms with Crippen molar-refractivity contribution >= 4 is 49.0 Å². The number of benzene rings is 2. The molecule has 4 rings (SSSR count). The number of carbonyl (C=O) groups is 2. The summed E-state index contributed by atoms with van der Waals surface area (Å²) in [5.41, 5.74) is 2.11. The first-order valence-electron chi connectivity index (χ1n) is 10.6.